The molecule has 0 saturated carbocycles. The zero-order valence-corrected chi connectivity index (χ0v) is 17.9. The van der Waals surface area contributed by atoms with Gasteiger partial charge in [-0.05, 0) is 62.2 Å². The standard InChI is InChI=1S/C26H25N5/c1-16-10-17(2)26-23(11-16)25(12-18(3)30-26)31-22-7-4-19(5-8-22)20-6-9-24(29-15-20)21(13-27)14-28/h4-15,27H,28H2,1-3H3,(H,30,31)/b21-14+,27-13?. The number of nitrogens with two attached hydrogens (primary N) is 1. The molecular weight excluding hydrogens is 382 g/mol. The van der Waals surface area contributed by atoms with Gasteiger partial charge in [-0.15, -0.1) is 0 Å². The Balaban J connectivity index is 1.62. The molecule has 0 spiro atoms. The molecule has 0 aliphatic rings. The molecule has 0 atom stereocenters. The Kier molecular flexibility index (Phi) is 5.50. The molecule has 2 heterocycles. The largest absolute Gasteiger partial charge is 0.404 e. The van der Waals surface area contributed by atoms with Crippen LogP contribution < -0.4 is 11.1 Å². The van der Waals surface area contributed by atoms with Gasteiger partial charge in [0.1, 0.15) is 0 Å². The van der Waals surface area contributed by atoms with Crippen LogP contribution in [0.5, 0.6) is 0 Å². The van der Waals surface area contributed by atoms with Crippen molar-refractivity contribution in [2.75, 3.05) is 5.32 Å². The molecule has 154 valence electrons. The van der Waals surface area contributed by atoms with Gasteiger partial charge in [-0.1, -0.05) is 29.8 Å². The topological polar surface area (TPSA) is 87.7 Å². The molecule has 5 nitrogen and oxygen atoms in total. The number of fused-ring (bicyclic) bond motifs is 1. The number of allylic oxidation sites excluding steroid dienone is 1. The lowest BCUT2D eigenvalue weighted by atomic mass is 10.0. The zero-order valence-electron chi connectivity index (χ0n) is 17.9. The van der Waals surface area contributed by atoms with Gasteiger partial charge in [0.2, 0.25) is 0 Å². The number of aromatic nitrogens is 2. The van der Waals surface area contributed by atoms with Gasteiger partial charge in [-0.25, -0.2) is 0 Å². The van der Waals surface area contributed by atoms with Crippen molar-refractivity contribution in [3.63, 3.8) is 0 Å². The van der Waals surface area contributed by atoms with Crippen molar-refractivity contribution < 1.29 is 0 Å². The van der Waals surface area contributed by atoms with E-state index in [4.69, 9.17) is 16.1 Å². The van der Waals surface area contributed by atoms with E-state index in [0.29, 0.717) is 11.3 Å². The first-order valence-corrected chi connectivity index (χ1v) is 10.1. The average molecular weight is 408 g/mol. The van der Waals surface area contributed by atoms with Crippen LogP contribution in [0.25, 0.3) is 27.6 Å². The Labute approximate surface area is 182 Å². The molecule has 0 unspecified atom stereocenters. The van der Waals surface area contributed by atoms with Crippen molar-refractivity contribution in [3.05, 3.63) is 89.5 Å². The van der Waals surface area contributed by atoms with Gasteiger partial charge in [0, 0.05) is 52.2 Å². The first-order valence-electron chi connectivity index (χ1n) is 10.1. The van der Waals surface area contributed by atoms with E-state index < -0.39 is 0 Å². The second-order valence-corrected chi connectivity index (χ2v) is 7.69. The molecule has 2 aromatic heterocycles. The minimum atomic E-state index is 0.594. The number of hydrogen-bond acceptors (Lipinski definition) is 5. The number of benzene rings is 2. The fraction of sp³-hybridized carbons (Fsp3) is 0.115. The molecule has 4 N–H and O–H groups in total. The SMILES string of the molecule is Cc1cc(C)c2nc(C)cc(Nc3ccc(-c4ccc(/C(C=N)=C/N)nc4)cc3)c2c1. The van der Waals surface area contributed by atoms with Crippen molar-refractivity contribution in [1.29, 1.82) is 5.41 Å². The summed E-state index contributed by atoms with van der Waals surface area (Å²) in [5.74, 6) is 0. The van der Waals surface area contributed by atoms with E-state index in [1.807, 2.05) is 19.1 Å². The van der Waals surface area contributed by atoms with Gasteiger partial charge < -0.3 is 16.5 Å². The van der Waals surface area contributed by atoms with Gasteiger partial charge in [0.15, 0.2) is 0 Å². The summed E-state index contributed by atoms with van der Waals surface area (Å²) in [4.78, 5) is 9.16. The highest BCUT2D eigenvalue weighted by Crippen LogP contribution is 2.30. The predicted octanol–water partition coefficient (Wildman–Crippen LogP) is 5.91. The Morgan fingerprint density at radius 3 is 2.35 bits per heavy atom. The van der Waals surface area contributed by atoms with Crippen molar-refractivity contribution in [2.45, 2.75) is 20.8 Å². The van der Waals surface area contributed by atoms with Crippen LogP contribution in [0.15, 0.2) is 67.0 Å². The molecule has 0 radical (unpaired) electrons. The third-order valence-corrected chi connectivity index (χ3v) is 5.27. The molecule has 0 saturated heterocycles. The van der Waals surface area contributed by atoms with Crippen LogP contribution in [0.1, 0.15) is 22.5 Å². The molecule has 5 heteroatoms. The number of rotatable bonds is 5. The first kappa shape index (κ1) is 20.3. The van der Waals surface area contributed by atoms with Crippen LogP contribution in [-0.4, -0.2) is 16.2 Å². The summed E-state index contributed by atoms with van der Waals surface area (Å²) in [5.41, 5.74) is 15.4. The number of aryl methyl sites for hydroxylation is 3. The van der Waals surface area contributed by atoms with E-state index >= 15 is 0 Å². The lowest BCUT2D eigenvalue weighted by Crippen LogP contribution is -1.97. The van der Waals surface area contributed by atoms with Crippen LogP contribution in [0, 0.1) is 26.2 Å². The molecule has 4 rings (SSSR count). The fourth-order valence-corrected chi connectivity index (χ4v) is 3.76. The Bertz CT molecular complexity index is 1290. The molecule has 31 heavy (non-hydrogen) atoms. The number of hydrogen-bond donors (Lipinski definition) is 3. The van der Waals surface area contributed by atoms with Crippen LogP contribution in [0.3, 0.4) is 0 Å². The Morgan fingerprint density at radius 1 is 0.968 bits per heavy atom. The molecule has 0 aliphatic heterocycles. The summed E-state index contributed by atoms with van der Waals surface area (Å²) < 4.78 is 0. The maximum atomic E-state index is 7.39. The number of anilines is 2. The third kappa shape index (κ3) is 4.16. The van der Waals surface area contributed by atoms with Gasteiger partial charge in [-0.2, -0.15) is 0 Å². The van der Waals surface area contributed by atoms with E-state index in [1.165, 1.54) is 23.5 Å². The normalized spacial score (nSPS) is 11.5. The summed E-state index contributed by atoms with van der Waals surface area (Å²) in [6, 6.07) is 18.6. The van der Waals surface area contributed by atoms with Crippen molar-refractivity contribution in [2.24, 2.45) is 5.73 Å². The van der Waals surface area contributed by atoms with E-state index in [2.05, 4.69) is 66.6 Å². The number of pyridine rings is 2. The second kappa shape index (κ2) is 8.40. The highest BCUT2D eigenvalue weighted by Gasteiger charge is 2.08. The summed E-state index contributed by atoms with van der Waals surface area (Å²) >= 11 is 0. The fourth-order valence-electron chi connectivity index (χ4n) is 3.76. The lowest BCUT2D eigenvalue weighted by molar-refractivity contribution is 1.23. The first-order chi connectivity index (χ1) is 15.0. The second-order valence-electron chi connectivity index (χ2n) is 7.69. The molecule has 0 bridgehead atoms. The van der Waals surface area contributed by atoms with E-state index in [1.54, 1.807) is 6.20 Å². The van der Waals surface area contributed by atoms with Gasteiger partial charge in [0.25, 0.3) is 0 Å². The van der Waals surface area contributed by atoms with E-state index in [-0.39, 0.29) is 0 Å². The lowest BCUT2D eigenvalue weighted by Gasteiger charge is -2.13. The predicted molar refractivity (Wildman–Crippen MR) is 130 cm³/mol. The maximum Gasteiger partial charge on any atom is 0.0755 e. The molecular formula is C26H25N5. The van der Waals surface area contributed by atoms with Gasteiger partial charge >= 0.3 is 0 Å². The van der Waals surface area contributed by atoms with E-state index in [0.717, 1.165) is 39.1 Å². The Hall–Kier alpha value is -3.99. The van der Waals surface area contributed by atoms with Crippen molar-refractivity contribution in [3.8, 4) is 11.1 Å². The van der Waals surface area contributed by atoms with Gasteiger partial charge in [0.05, 0.1) is 11.2 Å². The quantitative estimate of drug-likeness (QED) is 0.359. The Morgan fingerprint density at radius 2 is 1.71 bits per heavy atom. The van der Waals surface area contributed by atoms with Crippen molar-refractivity contribution in [1.82, 2.24) is 9.97 Å². The van der Waals surface area contributed by atoms with Crippen LogP contribution in [-0.2, 0) is 0 Å². The average Bonchev–Trinajstić information content (AvgIpc) is 2.76. The van der Waals surface area contributed by atoms with Crippen LogP contribution in [0.2, 0.25) is 0 Å². The number of nitrogens with zero attached hydrogens (tertiary/aromatic N) is 2. The van der Waals surface area contributed by atoms with Crippen molar-refractivity contribution >= 4 is 34.1 Å². The highest BCUT2D eigenvalue weighted by molar-refractivity contribution is 6.07. The summed E-state index contributed by atoms with van der Waals surface area (Å²) in [6.07, 6.45) is 4.40. The number of nitrogens with one attached hydrogen (secondary N) is 2. The minimum Gasteiger partial charge on any atom is -0.404 e. The smallest absolute Gasteiger partial charge is 0.0755 e. The summed E-state index contributed by atoms with van der Waals surface area (Å²) in [7, 11) is 0. The highest BCUT2D eigenvalue weighted by atomic mass is 14.9. The zero-order chi connectivity index (χ0) is 22.0. The summed E-state index contributed by atoms with van der Waals surface area (Å²) in [6.45, 7) is 6.24. The third-order valence-electron chi connectivity index (χ3n) is 5.27. The van der Waals surface area contributed by atoms with Crippen LogP contribution >= 0.6 is 0 Å². The van der Waals surface area contributed by atoms with Crippen LogP contribution in [0.4, 0.5) is 11.4 Å². The molecule has 0 fully saturated rings. The maximum absolute atomic E-state index is 7.39. The van der Waals surface area contributed by atoms with Gasteiger partial charge in [-0.3, -0.25) is 9.97 Å². The molecule has 0 aliphatic carbocycles. The monoisotopic (exact) mass is 407 g/mol. The van der Waals surface area contributed by atoms with E-state index in [9.17, 15) is 0 Å². The molecule has 4 aromatic rings. The summed E-state index contributed by atoms with van der Waals surface area (Å²) in [5, 5.41) is 12.1. The molecule has 2 aromatic carbocycles. The molecule has 0 amide bonds. The minimum absolute atomic E-state index is 0.594.